The predicted octanol–water partition coefficient (Wildman–Crippen LogP) is 4.30. The van der Waals surface area contributed by atoms with E-state index in [0.29, 0.717) is 0 Å². The Kier molecular flexibility index (Phi) is 3.86. The van der Waals surface area contributed by atoms with Gasteiger partial charge in [0.05, 0.1) is 18.8 Å². The maximum Gasteiger partial charge on any atom is 0.108 e. The summed E-state index contributed by atoms with van der Waals surface area (Å²) in [7, 11) is 0. The maximum absolute atomic E-state index is 5.43. The number of hydrogen-bond donors (Lipinski definition) is 0. The predicted molar refractivity (Wildman–Crippen MR) is 67.9 cm³/mol. The molecule has 0 atom stereocenters. The van der Waals surface area contributed by atoms with Gasteiger partial charge >= 0.3 is 0 Å². The van der Waals surface area contributed by atoms with E-state index in [0.717, 1.165) is 25.0 Å². The van der Waals surface area contributed by atoms with Crippen molar-refractivity contribution in [3.63, 3.8) is 0 Å². The lowest BCUT2D eigenvalue weighted by Crippen LogP contribution is -1.85. The van der Waals surface area contributed by atoms with Crippen LogP contribution in [0.15, 0.2) is 51.4 Å². The van der Waals surface area contributed by atoms with E-state index >= 15 is 0 Å². The van der Waals surface area contributed by atoms with E-state index < -0.39 is 0 Å². The first-order valence-corrected chi connectivity index (χ1v) is 5.95. The van der Waals surface area contributed by atoms with Crippen LogP contribution >= 0.6 is 0 Å². The molecule has 2 heteroatoms. The zero-order valence-electron chi connectivity index (χ0n) is 10.4. The molecule has 2 aromatic heterocycles. The molecule has 0 aliphatic heterocycles. The standard InChI is InChI=1S/C15H18O2/c1-12(8-15-9-13(2)10-17-15)4-3-5-14-6-7-16-11-14/h4,6-7,9-11H,3,5,8H2,1-2H3/b12-4+. The summed E-state index contributed by atoms with van der Waals surface area (Å²) in [6.07, 6.45) is 10.6. The summed E-state index contributed by atoms with van der Waals surface area (Å²) < 4.78 is 10.5. The second kappa shape index (κ2) is 5.58. The summed E-state index contributed by atoms with van der Waals surface area (Å²) in [5.41, 5.74) is 3.79. The Labute approximate surface area is 102 Å². The second-order valence-corrected chi connectivity index (χ2v) is 4.49. The van der Waals surface area contributed by atoms with Crippen molar-refractivity contribution < 1.29 is 8.83 Å². The van der Waals surface area contributed by atoms with Crippen molar-refractivity contribution in [2.75, 3.05) is 0 Å². The molecule has 0 saturated heterocycles. The van der Waals surface area contributed by atoms with Gasteiger partial charge in [-0.05, 0) is 49.9 Å². The quantitative estimate of drug-likeness (QED) is 0.716. The monoisotopic (exact) mass is 230 g/mol. The van der Waals surface area contributed by atoms with Gasteiger partial charge in [-0.3, -0.25) is 0 Å². The molecule has 0 bridgehead atoms. The lowest BCUT2D eigenvalue weighted by Gasteiger charge is -1.98. The highest BCUT2D eigenvalue weighted by atomic mass is 16.3. The van der Waals surface area contributed by atoms with Crippen LogP contribution < -0.4 is 0 Å². The fourth-order valence-corrected chi connectivity index (χ4v) is 1.85. The van der Waals surface area contributed by atoms with Crippen LogP contribution in [0.25, 0.3) is 0 Å². The summed E-state index contributed by atoms with van der Waals surface area (Å²) in [4.78, 5) is 0. The van der Waals surface area contributed by atoms with Crippen LogP contribution in [-0.2, 0) is 12.8 Å². The zero-order valence-corrected chi connectivity index (χ0v) is 10.4. The van der Waals surface area contributed by atoms with E-state index in [1.807, 2.05) is 13.0 Å². The Hall–Kier alpha value is -1.70. The highest BCUT2D eigenvalue weighted by Crippen LogP contribution is 2.13. The molecule has 0 spiro atoms. The summed E-state index contributed by atoms with van der Waals surface area (Å²) in [5, 5.41) is 0. The molecule has 0 radical (unpaired) electrons. The fraction of sp³-hybridized carbons (Fsp3) is 0.333. The fourth-order valence-electron chi connectivity index (χ4n) is 1.85. The van der Waals surface area contributed by atoms with Crippen molar-refractivity contribution in [3.05, 3.63) is 59.5 Å². The van der Waals surface area contributed by atoms with Crippen molar-refractivity contribution in [2.45, 2.75) is 33.1 Å². The van der Waals surface area contributed by atoms with Gasteiger partial charge in [-0.1, -0.05) is 11.6 Å². The van der Waals surface area contributed by atoms with E-state index in [2.05, 4.69) is 19.1 Å². The highest BCUT2D eigenvalue weighted by Gasteiger charge is 2.00. The number of furan rings is 2. The molecule has 2 nitrogen and oxygen atoms in total. The number of allylic oxidation sites excluding steroid dienone is 2. The Morgan fingerprint density at radius 1 is 1.35 bits per heavy atom. The molecule has 0 unspecified atom stereocenters. The second-order valence-electron chi connectivity index (χ2n) is 4.49. The van der Waals surface area contributed by atoms with Crippen LogP contribution in [0, 0.1) is 6.92 Å². The van der Waals surface area contributed by atoms with Gasteiger partial charge in [-0.2, -0.15) is 0 Å². The molecule has 0 N–H and O–H groups in total. The van der Waals surface area contributed by atoms with Gasteiger partial charge in [0, 0.05) is 6.42 Å². The van der Waals surface area contributed by atoms with E-state index in [4.69, 9.17) is 8.83 Å². The SMILES string of the molecule is C/C(=C\CCc1ccoc1)Cc1cc(C)co1. The molecule has 0 saturated carbocycles. The van der Waals surface area contributed by atoms with E-state index in [1.54, 1.807) is 18.8 Å². The van der Waals surface area contributed by atoms with Gasteiger partial charge in [-0.15, -0.1) is 0 Å². The van der Waals surface area contributed by atoms with Crippen LogP contribution in [0.2, 0.25) is 0 Å². The molecule has 0 fully saturated rings. The summed E-state index contributed by atoms with van der Waals surface area (Å²) in [6.45, 7) is 4.19. The molecular formula is C15H18O2. The van der Waals surface area contributed by atoms with Crippen LogP contribution in [0.4, 0.5) is 0 Å². The van der Waals surface area contributed by atoms with Crippen LogP contribution in [0.5, 0.6) is 0 Å². The molecular weight excluding hydrogens is 212 g/mol. The van der Waals surface area contributed by atoms with Gasteiger partial charge < -0.3 is 8.83 Å². The Morgan fingerprint density at radius 3 is 2.88 bits per heavy atom. The minimum absolute atomic E-state index is 0.902. The third-order valence-electron chi connectivity index (χ3n) is 2.74. The van der Waals surface area contributed by atoms with Gasteiger partial charge in [0.1, 0.15) is 5.76 Å². The smallest absolute Gasteiger partial charge is 0.108 e. The first-order valence-electron chi connectivity index (χ1n) is 5.95. The Morgan fingerprint density at radius 2 is 2.24 bits per heavy atom. The average molecular weight is 230 g/mol. The summed E-state index contributed by atoms with van der Waals surface area (Å²) >= 11 is 0. The normalized spacial score (nSPS) is 12.0. The minimum Gasteiger partial charge on any atom is -0.472 e. The minimum atomic E-state index is 0.902. The van der Waals surface area contributed by atoms with Crippen molar-refractivity contribution >= 4 is 0 Å². The number of aryl methyl sites for hydroxylation is 2. The first-order chi connectivity index (χ1) is 8.24. The van der Waals surface area contributed by atoms with Crippen molar-refractivity contribution in [3.8, 4) is 0 Å². The van der Waals surface area contributed by atoms with Crippen LogP contribution in [-0.4, -0.2) is 0 Å². The third-order valence-corrected chi connectivity index (χ3v) is 2.74. The molecule has 2 rings (SSSR count). The maximum atomic E-state index is 5.43. The first kappa shape index (κ1) is 11.8. The van der Waals surface area contributed by atoms with E-state index in [1.165, 1.54) is 16.7 Å². The Bertz CT molecular complexity index is 475. The largest absolute Gasteiger partial charge is 0.472 e. The topological polar surface area (TPSA) is 26.3 Å². The number of rotatable bonds is 5. The highest BCUT2D eigenvalue weighted by molar-refractivity contribution is 5.17. The molecule has 0 amide bonds. The van der Waals surface area contributed by atoms with Gasteiger partial charge in [0.15, 0.2) is 0 Å². The Balaban J connectivity index is 1.81. The molecule has 0 aromatic carbocycles. The lowest BCUT2D eigenvalue weighted by molar-refractivity contribution is 0.518. The van der Waals surface area contributed by atoms with Gasteiger partial charge in [0.25, 0.3) is 0 Å². The van der Waals surface area contributed by atoms with Crippen molar-refractivity contribution in [2.24, 2.45) is 0 Å². The van der Waals surface area contributed by atoms with Crippen LogP contribution in [0.1, 0.15) is 30.2 Å². The van der Waals surface area contributed by atoms with E-state index in [9.17, 15) is 0 Å². The molecule has 0 aliphatic rings. The van der Waals surface area contributed by atoms with E-state index in [-0.39, 0.29) is 0 Å². The van der Waals surface area contributed by atoms with Crippen molar-refractivity contribution in [1.82, 2.24) is 0 Å². The van der Waals surface area contributed by atoms with Crippen LogP contribution in [0.3, 0.4) is 0 Å². The summed E-state index contributed by atoms with van der Waals surface area (Å²) in [6, 6.07) is 4.10. The van der Waals surface area contributed by atoms with Gasteiger partial charge in [-0.25, -0.2) is 0 Å². The number of hydrogen-bond acceptors (Lipinski definition) is 2. The molecule has 2 aromatic rings. The molecule has 2 heterocycles. The average Bonchev–Trinajstić information content (AvgIpc) is 2.90. The van der Waals surface area contributed by atoms with Gasteiger partial charge in [0.2, 0.25) is 0 Å². The summed E-state index contributed by atoms with van der Waals surface area (Å²) in [5.74, 6) is 1.04. The molecule has 17 heavy (non-hydrogen) atoms. The molecule has 90 valence electrons. The third kappa shape index (κ3) is 3.66. The molecule has 0 aliphatic carbocycles. The lowest BCUT2D eigenvalue weighted by atomic mass is 10.1. The zero-order chi connectivity index (χ0) is 12.1. The van der Waals surface area contributed by atoms with Crippen molar-refractivity contribution in [1.29, 1.82) is 0 Å².